The molecule has 1 heterocycles. The fourth-order valence-electron chi connectivity index (χ4n) is 3.13. The maximum atomic E-state index is 12.6. The van der Waals surface area contributed by atoms with E-state index in [1.54, 1.807) is 23.1 Å². The number of carbonyl (C=O) groups excluding carboxylic acids is 1. The van der Waals surface area contributed by atoms with Crippen LogP contribution < -0.4 is 16.0 Å². The lowest BCUT2D eigenvalue weighted by atomic mass is 9.99. The second-order valence-corrected chi connectivity index (χ2v) is 5.94. The van der Waals surface area contributed by atoms with Gasteiger partial charge in [-0.2, -0.15) is 0 Å². The van der Waals surface area contributed by atoms with Crippen molar-refractivity contribution >= 4 is 28.7 Å². The number of anilines is 3. The number of amides is 1. The number of nitrogens with two attached hydrogens (primary N) is 1. The monoisotopic (exact) mass is 340 g/mol. The number of nitrogens with zero attached hydrogens (tertiary/aromatic N) is 2. The summed E-state index contributed by atoms with van der Waals surface area (Å²) in [5.41, 5.74) is 9.05. The fourth-order valence-corrected chi connectivity index (χ4v) is 3.13. The van der Waals surface area contributed by atoms with Crippen molar-refractivity contribution in [1.29, 1.82) is 0 Å². The summed E-state index contributed by atoms with van der Waals surface area (Å²) >= 11 is 0. The molecule has 0 aromatic heterocycles. The van der Waals surface area contributed by atoms with Crippen molar-refractivity contribution in [3.8, 4) is 0 Å². The summed E-state index contributed by atoms with van der Waals surface area (Å²) in [4.78, 5) is 24.9. The summed E-state index contributed by atoms with van der Waals surface area (Å²) in [6.45, 7) is 0.999. The van der Waals surface area contributed by atoms with Gasteiger partial charge in [-0.15, -0.1) is 0 Å². The molecule has 7 nitrogen and oxygen atoms in total. The highest BCUT2D eigenvalue weighted by atomic mass is 16.6. The number of nitrogens with one attached hydrogen (secondary N) is 1. The predicted octanol–water partition coefficient (Wildman–Crippen LogP) is 2.96. The number of hydrogen-bond donors (Lipinski definition) is 2. The highest BCUT2D eigenvalue weighted by molar-refractivity contribution is 5.95. The van der Waals surface area contributed by atoms with Crippen LogP contribution >= 0.6 is 0 Å². The molecule has 0 bridgehead atoms. The van der Waals surface area contributed by atoms with Crippen LogP contribution in [0.2, 0.25) is 0 Å². The van der Waals surface area contributed by atoms with Crippen LogP contribution in [0.1, 0.15) is 18.4 Å². The summed E-state index contributed by atoms with van der Waals surface area (Å²) in [7, 11) is 0. The molecule has 0 unspecified atom stereocenters. The van der Waals surface area contributed by atoms with Crippen molar-refractivity contribution in [2.75, 3.05) is 29.0 Å². The SMILES string of the molecule is Nc1cccc2c1CCCN2C(=O)CCNc1ccccc1[N+](=O)[O-]. The van der Waals surface area contributed by atoms with Gasteiger partial charge in [-0.05, 0) is 36.6 Å². The topological polar surface area (TPSA) is 102 Å². The van der Waals surface area contributed by atoms with Gasteiger partial charge in [0.05, 0.1) is 4.92 Å². The molecular formula is C18H20N4O3. The van der Waals surface area contributed by atoms with Gasteiger partial charge >= 0.3 is 0 Å². The van der Waals surface area contributed by atoms with E-state index in [1.165, 1.54) is 6.07 Å². The van der Waals surface area contributed by atoms with Crippen LogP contribution in [0.4, 0.5) is 22.7 Å². The molecule has 25 heavy (non-hydrogen) atoms. The number of fused-ring (bicyclic) bond motifs is 1. The minimum Gasteiger partial charge on any atom is -0.398 e. The highest BCUT2D eigenvalue weighted by Crippen LogP contribution is 2.31. The molecule has 3 rings (SSSR count). The third-order valence-corrected chi connectivity index (χ3v) is 4.34. The summed E-state index contributed by atoms with van der Waals surface area (Å²) < 4.78 is 0. The molecule has 1 aliphatic rings. The summed E-state index contributed by atoms with van der Waals surface area (Å²) in [6, 6.07) is 12.0. The largest absolute Gasteiger partial charge is 0.398 e. The Bertz CT molecular complexity index is 807. The maximum Gasteiger partial charge on any atom is 0.292 e. The molecule has 0 saturated carbocycles. The Hall–Kier alpha value is -3.09. The number of para-hydroxylation sites is 2. The number of benzene rings is 2. The zero-order valence-electron chi connectivity index (χ0n) is 13.8. The van der Waals surface area contributed by atoms with Gasteiger partial charge in [0.15, 0.2) is 0 Å². The first-order valence-corrected chi connectivity index (χ1v) is 8.23. The van der Waals surface area contributed by atoms with E-state index in [-0.39, 0.29) is 18.0 Å². The van der Waals surface area contributed by atoms with E-state index in [1.807, 2.05) is 18.2 Å². The molecular weight excluding hydrogens is 320 g/mol. The lowest BCUT2D eigenvalue weighted by Gasteiger charge is -2.30. The number of nitro groups is 1. The maximum absolute atomic E-state index is 12.6. The van der Waals surface area contributed by atoms with E-state index in [0.717, 1.165) is 24.1 Å². The Morgan fingerprint density at radius 1 is 1.24 bits per heavy atom. The van der Waals surface area contributed by atoms with Crippen molar-refractivity contribution < 1.29 is 9.72 Å². The quantitative estimate of drug-likeness (QED) is 0.495. The first kappa shape index (κ1) is 16.8. The molecule has 0 spiro atoms. The summed E-state index contributed by atoms with van der Waals surface area (Å²) in [6.07, 6.45) is 2.01. The molecule has 0 aliphatic carbocycles. The third kappa shape index (κ3) is 3.55. The van der Waals surface area contributed by atoms with Gasteiger partial charge in [0.2, 0.25) is 5.91 Å². The average molecular weight is 340 g/mol. The Balaban J connectivity index is 1.65. The summed E-state index contributed by atoms with van der Waals surface area (Å²) in [5.74, 6) is -0.0161. The molecule has 0 radical (unpaired) electrons. The van der Waals surface area contributed by atoms with E-state index in [0.29, 0.717) is 24.5 Å². The van der Waals surface area contributed by atoms with Crippen LogP contribution in [0.3, 0.4) is 0 Å². The van der Waals surface area contributed by atoms with Crippen LogP contribution in [-0.2, 0) is 11.2 Å². The van der Waals surface area contributed by atoms with Gasteiger partial charge in [-0.3, -0.25) is 14.9 Å². The lowest BCUT2D eigenvalue weighted by molar-refractivity contribution is -0.384. The average Bonchev–Trinajstić information content (AvgIpc) is 2.62. The second-order valence-electron chi connectivity index (χ2n) is 5.94. The van der Waals surface area contributed by atoms with Gasteiger partial charge in [-0.1, -0.05) is 18.2 Å². The van der Waals surface area contributed by atoms with Crippen LogP contribution in [0.15, 0.2) is 42.5 Å². The minimum absolute atomic E-state index is 0.00559. The lowest BCUT2D eigenvalue weighted by Crippen LogP contribution is -2.36. The van der Waals surface area contributed by atoms with Crippen molar-refractivity contribution in [2.24, 2.45) is 0 Å². The fraction of sp³-hybridized carbons (Fsp3) is 0.278. The predicted molar refractivity (Wildman–Crippen MR) is 97.7 cm³/mol. The van der Waals surface area contributed by atoms with Crippen molar-refractivity contribution in [3.05, 3.63) is 58.1 Å². The molecule has 7 heteroatoms. The molecule has 2 aromatic rings. The number of nitrogen functional groups attached to an aromatic ring is 1. The Morgan fingerprint density at radius 3 is 2.84 bits per heavy atom. The molecule has 130 valence electrons. The minimum atomic E-state index is -0.437. The Labute approximate surface area is 145 Å². The zero-order valence-corrected chi connectivity index (χ0v) is 13.8. The van der Waals surface area contributed by atoms with Crippen molar-refractivity contribution in [1.82, 2.24) is 0 Å². The molecule has 3 N–H and O–H groups in total. The zero-order chi connectivity index (χ0) is 17.8. The van der Waals surface area contributed by atoms with Crippen LogP contribution in [0, 0.1) is 10.1 Å². The molecule has 0 saturated heterocycles. The molecule has 0 fully saturated rings. The van der Waals surface area contributed by atoms with Gasteiger partial charge in [0.1, 0.15) is 5.69 Å². The van der Waals surface area contributed by atoms with Crippen LogP contribution in [0.25, 0.3) is 0 Å². The molecule has 2 aromatic carbocycles. The molecule has 1 aliphatic heterocycles. The first-order valence-electron chi connectivity index (χ1n) is 8.23. The van der Waals surface area contributed by atoms with Gasteiger partial charge < -0.3 is 16.0 Å². The normalized spacial score (nSPS) is 13.2. The van der Waals surface area contributed by atoms with E-state index < -0.39 is 4.92 Å². The summed E-state index contributed by atoms with van der Waals surface area (Å²) in [5, 5.41) is 14.0. The third-order valence-electron chi connectivity index (χ3n) is 4.34. The van der Waals surface area contributed by atoms with Gasteiger partial charge in [-0.25, -0.2) is 0 Å². The van der Waals surface area contributed by atoms with Gasteiger partial charge in [0, 0.05) is 37.0 Å². The number of carbonyl (C=O) groups is 1. The van der Waals surface area contributed by atoms with E-state index in [2.05, 4.69) is 5.32 Å². The van der Waals surface area contributed by atoms with E-state index in [4.69, 9.17) is 5.73 Å². The van der Waals surface area contributed by atoms with E-state index >= 15 is 0 Å². The first-order chi connectivity index (χ1) is 12.1. The Kier molecular flexibility index (Phi) is 4.83. The highest BCUT2D eigenvalue weighted by Gasteiger charge is 2.23. The van der Waals surface area contributed by atoms with Gasteiger partial charge in [0.25, 0.3) is 5.69 Å². The number of nitro benzene ring substituents is 1. The number of rotatable bonds is 5. The van der Waals surface area contributed by atoms with E-state index in [9.17, 15) is 14.9 Å². The second kappa shape index (κ2) is 7.21. The molecule has 0 atom stereocenters. The van der Waals surface area contributed by atoms with Crippen LogP contribution in [0.5, 0.6) is 0 Å². The smallest absolute Gasteiger partial charge is 0.292 e. The number of hydrogen-bond acceptors (Lipinski definition) is 5. The van der Waals surface area contributed by atoms with Crippen molar-refractivity contribution in [2.45, 2.75) is 19.3 Å². The van der Waals surface area contributed by atoms with Crippen LogP contribution in [-0.4, -0.2) is 23.9 Å². The molecule has 1 amide bonds. The standard InChI is InChI=1S/C18H20N4O3/c19-14-6-3-9-16-13(14)5-4-12-21(16)18(23)10-11-20-15-7-1-2-8-17(15)22(24)25/h1-3,6-9,20H,4-5,10-12,19H2. The Morgan fingerprint density at radius 2 is 2.04 bits per heavy atom. The van der Waals surface area contributed by atoms with Crippen molar-refractivity contribution in [3.63, 3.8) is 0 Å².